The van der Waals surface area contributed by atoms with Gasteiger partial charge in [-0.1, -0.05) is 27.2 Å². The Labute approximate surface area is 87.4 Å². The van der Waals surface area contributed by atoms with Crippen molar-refractivity contribution in [2.24, 2.45) is 11.1 Å². The van der Waals surface area contributed by atoms with Gasteiger partial charge in [-0.15, -0.1) is 0 Å². The average Bonchev–Trinajstić information content (AvgIpc) is 2.00. The summed E-state index contributed by atoms with van der Waals surface area (Å²) in [5, 5.41) is 2.92. The quantitative estimate of drug-likeness (QED) is 0.685. The monoisotopic (exact) mass is 200 g/mol. The molecule has 0 rings (SSSR count). The molecule has 0 fully saturated rings. The van der Waals surface area contributed by atoms with E-state index in [1.54, 1.807) is 0 Å². The SMILES string of the molecule is CCCC(C)(C)CNC(=O)CC(C)N. The van der Waals surface area contributed by atoms with Gasteiger partial charge in [-0.25, -0.2) is 0 Å². The number of carbonyl (C=O) groups is 1. The fourth-order valence-electron chi connectivity index (χ4n) is 1.47. The highest BCUT2D eigenvalue weighted by molar-refractivity contribution is 5.76. The molecule has 1 unspecified atom stereocenters. The molecule has 0 saturated carbocycles. The number of nitrogens with two attached hydrogens (primary N) is 1. The molecule has 1 atom stereocenters. The highest BCUT2D eigenvalue weighted by Gasteiger charge is 2.17. The summed E-state index contributed by atoms with van der Waals surface area (Å²) in [4.78, 5) is 11.3. The molecule has 0 aliphatic heterocycles. The van der Waals surface area contributed by atoms with E-state index in [-0.39, 0.29) is 17.4 Å². The molecule has 0 spiro atoms. The van der Waals surface area contributed by atoms with Crippen molar-refractivity contribution in [3.05, 3.63) is 0 Å². The van der Waals surface area contributed by atoms with Crippen LogP contribution in [0.3, 0.4) is 0 Å². The first-order chi connectivity index (χ1) is 6.37. The molecule has 0 radical (unpaired) electrons. The maximum Gasteiger partial charge on any atom is 0.221 e. The average molecular weight is 200 g/mol. The predicted molar refractivity (Wildman–Crippen MR) is 60.0 cm³/mol. The minimum atomic E-state index is -0.0516. The fraction of sp³-hybridized carbons (Fsp3) is 0.909. The van der Waals surface area contributed by atoms with Crippen molar-refractivity contribution in [2.75, 3.05) is 6.54 Å². The predicted octanol–water partition coefficient (Wildman–Crippen LogP) is 1.67. The standard InChI is InChI=1S/C11H24N2O/c1-5-6-11(3,4)8-13-10(14)7-9(2)12/h9H,5-8,12H2,1-4H3,(H,13,14). The highest BCUT2D eigenvalue weighted by atomic mass is 16.1. The molecule has 0 aliphatic rings. The van der Waals surface area contributed by atoms with Gasteiger partial charge in [0.1, 0.15) is 0 Å². The lowest BCUT2D eigenvalue weighted by molar-refractivity contribution is -0.121. The normalized spacial score (nSPS) is 13.8. The summed E-state index contributed by atoms with van der Waals surface area (Å²) in [7, 11) is 0. The van der Waals surface area contributed by atoms with Crippen LogP contribution in [0.5, 0.6) is 0 Å². The van der Waals surface area contributed by atoms with Gasteiger partial charge in [0.2, 0.25) is 5.91 Å². The van der Waals surface area contributed by atoms with E-state index in [0.717, 1.165) is 19.4 Å². The minimum absolute atomic E-state index is 0.0516. The van der Waals surface area contributed by atoms with Crippen molar-refractivity contribution in [3.63, 3.8) is 0 Å². The first-order valence-corrected chi connectivity index (χ1v) is 5.39. The molecule has 3 nitrogen and oxygen atoms in total. The lowest BCUT2D eigenvalue weighted by atomic mass is 9.88. The third kappa shape index (κ3) is 6.89. The summed E-state index contributed by atoms with van der Waals surface area (Å²) >= 11 is 0. The first-order valence-electron chi connectivity index (χ1n) is 5.39. The lowest BCUT2D eigenvalue weighted by Crippen LogP contribution is -2.36. The molecule has 0 aliphatic carbocycles. The van der Waals surface area contributed by atoms with Crippen LogP contribution < -0.4 is 11.1 Å². The zero-order valence-corrected chi connectivity index (χ0v) is 9.89. The van der Waals surface area contributed by atoms with Crippen molar-refractivity contribution in [2.45, 2.75) is 53.0 Å². The molecular formula is C11H24N2O. The van der Waals surface area contributed by atoms with Gasteiger partial charge >= 0.3 is 0 Å². The van der Waals surface area contributed by atoms with Crippen molar-refractivity contribution in [1.82, 2.24) is 5.32 Å². The molecule has 0 bridgehead atoms. The summed E-state index contributed by atoms with van der Waals surface area (Å²) in [6.07, 6.45) is 2.70. The second-order valence-corrected chi connectivity index (χ2v) is 4.87. The van der Waals surface area contributed by atoms with E-state index in [4.69, 9.17) is 5.73 Å². The zero-order valence-electron chi connectivity index (χ0n) is 9.89. The molecule has 3 N–H and O–H groups in total. The second kappa shape index (κ2) is 6.02. The largest absolute Gasteiger partial charge is 0.356 e. The molecule has 0 saturated heterocycles. The molecule has 1 amide bonds. The number of hydrogen-bond donors (Lipinski definition) is 2. The Morgan fingerprint density at radius 2 is 2.07 bits per heavy atom. The van der Waals surface area contributed by atoms with Crippen LogP contribution in [-0.4, -0.2) is 18.5 Å². The third-order valence-electron chi connectivity index (χ3n) is 2.20. The summed E-state index contributed by atoms with van der Waals surface area (Å²) in [5.41, 5.74) is 5.73. The lowest BCUT2D eigenvalue weighted by Gasteiger charge is -2.24. The van der Waals surface area contributed by atoms with Crippen molar-refractivity contribution >= 4 is 5.91 Å². The van der Waals surface area contributed by atoms with Crippen molar-refractivity contribution in [3.8, 4) is 0 Å². The molecule has 84 valence electrons. The van der Waals surface area contributed by atoms with E-state index in [1.807, 2.05) is 6.92 Å². The topological polar surface area (TPSA) is 55.1 Å². The fourth-order valence-corrected chi connectivity index (χ4v) is 1.47. The van der Waals surface area contributed by atoms with E-state index >= 15 is 0 Å². The van der Waals surface area contributed by atoms with Gasteiger partial charge in [-0.2, -0.15) is 0 Å². The Balaban J connectivity index is 3.75. The molecule has 0 aromatic rings. The van der Waals surface area contributed by atoms with Crippen molar-refractivity contribution < 1.29 is 4.79 Å². The maximum absolute atomic E-state index is 11.3. The van der Waals surface area contributed by atoms with E-state index in [9.17, 15) is 4.79 Å². The minimum Gasteiger partial charge on any atom is -0.356 e. The van der Waals surface area contributed by atoms with Gasteiger partial charge in [0, 0.05) is 19.0 Å². The van der Waals surface area contributed by atoms with Crippen molar-refractivity contribution in [1.29, 1.82) is 0 Å². The highest BCUT2D eigenvalue weighted by Crippen LogP contribution is 2.20. The van der Waals surface area contributed by atoms with E-state index < -0.39 is 0 Å². The summed E-state index contributed by atoms with van der Waals surface area (Å²) in [6.45, 7) is 9.08. The Kier molecular flexibility index (Phi) is 5.77. The van der Waals surface area contributed by atoms with E-state index in [2.05, 4.69) is 26.1 Å². The summed E-state index contributed by atoms with van der Waals surface area (Å²) < 4.78 is 0. The Bertz CT molecular complexity index is 176. The number of hydrogen-bond acceptors (Lipinski definition) is 2. The number of amides is 1. The Morgan fingerprint density at radius 1 is 1.50 bits per heavy atom. The zero-order chi connectivity index (χ0) is 11.2. The van der Waals surface area contributed by atoms with Crippen LogP contribution >= 0.6 is 0 Å². The van der Waals surface area contributed by atoms with Gasteiger partial charge in [0.15, 0.2) is 0 Å². The summed E-state index contributed by atoms with van der Waals surface area (Å²) in [6, 6.07) is -0.0516. The van der Waals surface area contributed by atoms with Crippen LogP contribution in [0.15, 0.2) is 0 Å². The van der Waals surface area contributed by atoms with Crippen LogP contribution in [0.2, 0.25) is 0 Å². The van der Waals surface area contributed by atoms with E-state index in [0.29, 0.717) is 6.42 Å². The van der Waals surface area contributed by atoms with Crippen LogP contribution in [-0.2, 0) is 4.79 Å². The van der Waals surface area contributed by atoms with Crippen LogP contribution in [0, 0.1) is 5.41 Å². The maximum atomic E-state index is 11.3. The first kappa shape index (κ1) is 13.4. The number of nitrogens with one attached hydrogen (secondary N) is 1. The van der Waals surface area contributed by atoms with Gasteiger partial charge in [-0.3, -0.25) is 4.79 Å². The van der Waals surface area contributed by atoms with Gasteiger partial charge in [-0.05, 0) is 18.8 Å². The molecular weight excluding hydrogens is 176 g/mol. The number of carbonyl (C=O) groups excluding carboxylic acids is 1. The molecule has 14 heavy (non-hydrogen) atoms. The van der Waals surface area contributed by atoms with Gasteiger partial charge < -0.3 is 11.1 Å². The van der Waals surface area contributed by atoms with Crippen LogP contribution in [0.4, 0.5) is 0 Å². The molecule has 0 aromatic heterocycles. The molecule has 0 heterocycles. The van der Waals surface area contributed by atoms with Crippen LogP contribution in [0.1, 0.15) is 47.0 Å². The number of rotatable bonds is 6. The van der Waals surface area contributed by atoms with E-state index in [1.165, 1.54) is 0 Å². The third-order valence-corrected chi connectivity index (χ3v) is 2.20. The molecule has 3 heteroatoms. The Hall–Kier alpha value is -0.570. The summed E-state index contributed by atoms with van der Waals surface area (Å²) in [5.74, 6) is 0.0594. The van der Waals surface area contributed by atoms with Crippen LogP contribution in [0.25, 0.3) is 0 Å². The smallest absolute Gasteiger partial charge is 0.221 e. The van der Waals surface area contributed by atoms with Gasteiger partial charge in [0.25, 0.3) is 0 Å². The van der Waals surface area contributed by atoms with Gasteiger partial charge in [0.05, 0.1) is 0 Å². The Morgan fingerprint density at radius 3 is 2.50 bits per heavy atom. The second-order valence-electron chi connectivity index (χ2n) is 4.87. The molecule has 0 aromatic carbocycles.